The molecular weight excluding hydrogens is 160 g/mol. The van der Waals surface area contributed by atoms with Crippen molar-refractivity contribution in [2.75, 3.05) is 7.05 Å². The van der Waals surface area contributed by atoms with Crippen LogP contribution in [0.5, 0.6) is 0 Å². The van der Waals surface area contributed by atoms with Crippen molar-refractivity contribution in [1.29, 1.82) is 0 Å². The minimum Gasteiger partial charge on any atom is -0.391 e. The Morgan fingerprint density at radius 2 is 1.85 bits per heavy atom. The minimum absolute atomic E-state index is 0.471. The molecule has 0 aromatic heterocycles. The van der Waals surface area contributed by atoms with Gasteiger partial charge in [-0.1, -0.05) is 5.57 Å². The number of nitrogens with one attached hydrogen (secondary N) is 1. The predicted molar refractivity (Wildman–Crippen MR) is 55.3 cm³/mol. The highest BCUT2D eigenvalue weighted by Crippen LogP contribution is 2.38. The SMILES string of the molecule is CNC(=C1CC1)C1CCC(N)CC1. The topological polar surface area (TPSA) is 38.0 Å². The first-order chi connectivity index (χ1) is 6.31. The summed E-state index contributed by atoms with van der Waals surface area (Å²) >= 11 is 0. The Labute approximate surface area is 80.6 Å². The maximum Gasteiger partial charge on any atom is 0.0128 e. The maximum atomic E-state index is 5.89. The highest BCUT2D eigenvalue weighted by molar-refractivity contribution is 5.26. The van der Waals surface area contributed by atoms with Gasteiger partial charge in [0.2, 0.25) is 0 Å². The molecule has 0 heterocycles. The van der Waals surface area contributed by atoms with Gasteiger partial charge in [0, 0.05) is 18.8 Å². The molecule has 2 nitrogen and oxygen atoms in total. The fourth-order valence-corrected chi connectivity index (χ4v) is 2.41. The second-order valence-corrected chi connectivity index (χ2v) is 4.38. The zero-order chi connectivity index (χ0) is 9.26. The lowest BCUT2D eigenvalue weighted by molar-refractivity contribution is 0.352. The molecule has 74 valence electrons. The van der Waals surface area contributed by atoms with Gasteiger partial charge in [-0.05, 0) is 44.4 Å². The summed E-state index contributed by atoms with van der Waals surface area (Å²) in [5.41, 5.74) is 9.11. The van der Waals surface area contributed by atoms with Crippen molar-refractivity contribution in [2.24, 2.45) is 11.7 Å². The highest BCUT2D eigenvalue weighted by Gasteiger charge is 2.26. The van der Waals surface area contributed by atoms with Crippen LogP contribution >= 0.6 is 0 Å². The van der Waals surface area contributed by atoms with Gasteiger partial charge < -0.3 is 11.1 Å². The Hall–Kier alpha value is -0.500. The Morgan fingerprint density at radius 3 is 2.31 bits per heavy atom. The average Bonchev–Trinajstić information content (AvgIpc) is 2.93. The molecule has 0 saturated heterocycles. The van der Waals surface area contributed by atoms with E-state index >= 15 is 0 Å². The van der Waals surface area contributed by atoms with Crippen molar-refractivity contribution in [1.82, 2.24) is 5.32 Å². The minimum atomic E-state index is 0.471. The molecule has 2 saturated carbocycles. The summed E-state index contributed by atoms with van der Waals surface area (Å²) in [5.74, 6) is 0.794. The predicted octanol–water partition coefficient (Wildman–Crippen LogP) is 1.77. The Kier molecular flexibility index (Phi) is 2.58. The molecular formula is C11H20N2. The van der Waals surface area contributed by atoms with Crippen molar-refractivity contribution >= 4 is 0 Å². The third kappa shape index (κ3) is 2.05. The van der Waals surface area contributed by atoms with Gasteiger partial charge >= 0.3 is 0 Å². The quantitative estimate of drug-likeness (QED) is 0.679. The van der Waals surface area contributed by atoms with E-state index in [9.17, 15) is 0 Å². The van der Waals surface area contributed by atoms with Crippen LogP contribution in [-0.2, 0) is 0 Å². The van der Waals surface area contributed by atoms with E-state index in [1.807, 2.05) is 0 Å². The molecule has 2 heteroatoms. The first kappa shape index (κ1) is 9.07. The van der Waals surface area contributed by atoms with Crippen molar-refractivity contribution in [2.45, 2.75) is 44.6 Å². The maximum absolute atomic E-state index is 5.89. The van der Waals surface area contributed by atoms with E-state index in [-0.39, 0.29) is 0 Å². The van der Waals surface area contributed by atoms with Crippen molar-refractivity contribution in [3.63, 3.8) is 0 Å². The molecule has 0 amide bonds. The highest BCUT2D eigenvalue weighted by atomic mass is 14.9. The van der Waals surface area contributed by atoms with Gasteiger partial charge in [-0.25, -0.2) is 0 Å². The summed E-state index contributed by atoms with van der Waals surface area (Å²) in [5, 5.41) is 3.39. The van der Waals surface area contributed by atoms with Gasteiger partial charge in [0.25, 0.3) is 0 Å². The molecule has 0 atom stereocenters. The van der Waals surface area contributed by atoms with E-state index < -0.39 is 0 Å². The molecule has 2 aliphatic carbocycles. The summed E-state index contributed by atoms with van der Waals surface area (Å²) in [6.07, 6.45) is 7.67. The summed E-state index contributed by atoms with van der Waals surface area (Å²) < 4.78 is 0. The van der Waals surface area contributed by atoms with Crippen LogP contribution in [0.25, 0.3) is 0 Å². The molecule has 13 heavy (non-hydrogen) atoms. The normalized spacial score (nSPS) is 32.9. The Balaban J connectivity index is 1.96. The number of allylic oxidation sites excluding steroid dienone is 2. The lowest BCUT2D eigenvalue weighted by Crippen LogP contribution is -2.29. The van der Waals surface area contributed by atoms with Gasteiger partial charge in [0.05, 0.1) is 0 Å². The van der Waals surface area contributed by atoms with Gasteiger partial charge in [-0.2, -0.15) is 0 Å². The van der Waals surface area contributed by atoms with E-state index in [1.165, 1.54) is 38.5 Å². The van der Waals surface area contributed by atoms with Crippen LogP contribution in [0.1, 0.15) is 38.5 Å². The molecule has 2 rings (SSSR count). The molecule has 0 aromatic carbocycles. The van der Waals surface area contributed by atoms with Crippen LogP contribution in [0.15, 0.2) is 11.3 Å². The van der Waals surface area contributed by atoms with Crippen LogP contribution in [0.4, 0.5) is 0 Å². The van der Waals surface area contributed by atoms with Gasteiger partial charge in [0.15, 0.2) is 0 Å². The smallest absolute Gasteiger partial charge is 0.0128 e. The average molecular weight is 180 g/mol. The molecule has 3 N–H and O–H groups in total. The third-order valence-corrected chi connectivity index (χ3v) is 3.33. The number of hydrogen-bond donors (Lipinski definition) is 2. The second-order valence-electron chi connectivity index (χ2n) is 4.38. The zero-order valence-electron chi connectivity index (χ0n) is 8.47. The fourth-order valence-electron chi connectivity index (χ4n) is 2.41. The summed E-state index contributed by atoms with van der Waals surface area (Å²) in [4.78, 5) is 0. The largest absolute Gasteiger partial charge is 0.391 e. The summed E-state index contributed by atoms with van der Waals surface area (Å²) in [7, 11) is 2.06. The Bertz CT molecular complexity index is 206. The standard InChI is InChI=1S/C11H20N2/c1-13-11(8-2-3-8)9-4-6-10(12)7-5-9/h9-10,13H,2-7,12H2,1H3. The number of hydrogen-bond acceptors (Lipinski definition) is 2. The molecule has 0 aliphatic heterocycles. The molecule has 0 aromatic rings. The number of nitrogens with two attached hydrogens (primary N) is 1. The zero-order valence-corrected chi connectivity index (χ0v) is 8.47. The first-order valence-electron chi connectivity index (χ1n) is 5.46. The van der Waals surface area contributed by atoms with Crippen LogP contribution in [0.2, 0.25) is 0 Å². The van der Waals surface area contributed by atoms with Crippen molar-refractivity contribution in [3.05, 3.63) is 11.3 Å². The van der Waals surface area contributed by atoms with E-state index in [0.29, 0.717) is 6.04 Å². The monoisotopic (exact) mass is 180 g/mol. The van der Waals surface area contributed by atoms with Gasteiger partial charge in [0.1, 0.15) is 0 Å². The van der Waals surface area contributed by atoms with E-state index in [4.69, 9.17) is 5.73 Å². The second kappa shape index (κ2) is 3.70. The van der Waals surface area contributed by atoms with E-state index in [2.05, 4.69) is 12.4 Å². The van der Waals surface area contributed by atoms with E-state index in [1.54, 1.807) is 11.3 Å². The molecule has 0 spiro atoms. The Morgan fingerprint density at radius 1 is 1.23 bits per heavy atom. The molecule has 2 aliphatic rings. The van der Waals surface area contributed by atoms with E-state index in [0.717, 1.165) is 5.92 Å². The van der Waals surface area contributed by atoms with Crippen LogP contribution in [-0.4, -0.2) is 13.1 Å². The molecule has 0 unspecified atom stereocenters. The number of rotatable bonds is 2. The van der Waals surface area contributed by atoms with Gasteiger partial charge in [-0.3, -0.25) is 0 Å². The fraction of sp³-hybridized carbons (Fsp3) is 0.818. The van der Waals surface area contributed by atoms with Gasteiger partial charge in [-0.15, -0.1) is 0 Å². The van der Waals surface area contributed by atoms with Crippen molar-refractivity contribution in [3.8, 4) is 0 Å². The van der Waals surface area contributed by atoms with Crippen LogP contribution < -0.4 is 11.1 Å². The molecule has 0 bridgehead atoms. The van der Waals surface area contributed by atoms with Crippen LogP contribution in [0.3, 0.4) is 0 Å². The summed E-state index contributed by atoms with van der Waals surface area (Å²) in [6, 6.07) is 0.471. The van der Waals surface area contributed by atoms with Crippen molar-refractivity contribution < 1.29 is 0 Å². The molecule has 0 radical (unpaired) electrons. The third-order valence-electron chi connectivity index (χ3n) is 3.33. The summed E-state index contributed by atoms with van der Waals surface area (Å²) in [6.45, 7) is 0. The first-order valence-corrected chi connectivity index (χ1v) is 5.46. The lowest BCUT2D eigenvalue weighted by atomic mass is 9.84. The molecule has 2 fully saturated rings. The van der Waals surface area contributed by atoms with Crippen LogP contribution in [0, 0.1) is 5.92 Å². The lowest BCUT2D eigenvalue weighted by Gasteiger charge is -2.28.